The van der Waals surface area contributed by atoms with Gasteiger partial charge in [-0.05, 0) is 31.1 Å². The Hall–Kier alpha value is -1.36. The standard InChI is InChI=1S/C16H28N4O/c1-12(2)11-14(21)13-5-9-20(10-6-13)16-15(19(3)4)17-7-8-18-16/h7-8,12-14,21H,5-6,9-11H2,1-4H3/t14-/m0/s1. The number of rotatable bonds is 5. The highest BCUT2D eigenvalue weighted by Crippen LogP contribution is 2.30. The van der Waals surface area contributed by atoms with Crippen LogP contribution in [0.2, 0.25) is 0 Å². The molecule has 1 aliphatic rings. The molecule has 1 atom stereocenters. The smallest absolute Gasteiger partial charge is 0.171 e. The van der Waals surface area contributed by atoms with Gasteiger partial charge in [0.15, 0.2) is 11.6 Å². The van der Waals surface area contributed by atoms with Crippen molar-refractivity contribution in [2.45, 2.75) is 39.2 Å². The predicted molar refractivity (Wildman–Crippen MR) is 86.8 cm³/mol. The third-order valence-electron chi connectivity index (χ3n) is 4.18. The van der Waals surface area contributed by atoms with Crippen LogP contribution < -0.4 is 9.80 Å². The van der Waals surface area contributed by atoms with Crippen molar-refractivity contribution >= 4 is 11.6 Å². The van der Waals surface area contributed by atoms with Gasteiger partial charge in [0.05, 0.1) is 6.10 Å². The number of aliphatic hydroxyl groups excluding tert-OH is 1. The van der Waals surface area contributed by atoms with E-state index in [1.54, 1.807) is 12.4 Å². The number of hydrogen-bond donors (Lipinski definition) is 1. The molecule has 0 saturated carbocycles. The van der Waals surface area contributed by atoms with E-state index in [4.69, 9.17) is 0 Å². The van der Waals surface area contributed by atoms with Crippen molar-refractivity contribution in [1.29, 1.82) is 0 Å². The van der Waals surface area contributed by atoms with Gasteiger partial charge in [0, 0.05) is 39.6 Å². The largest absolute Gasteiger partial charge is 0.393 e. The summed E-state index contributed by atoms with van der Waals surface area (Å²) in [5, 5.41) is 10.3. The molecule has 1 fully saturated rings. The third kappa shape index (κ3) is 4.06. The SMILES string of the molecule is CC(C)C[C@H](O)C1CCN(c2nccnc2N(C)C)CC1. The van der Waals surface area contributed by atoms with Gasteiger partial charge in [-0.3, -0.25) is 0 Å². The van der Waals surface area contributed by atoms with Crippen molar-refractivity contribution in [2.75, 3.05) is 37.0 Å². The molecule has 0 amide bonds. The van der Waals surface area contributed by atoms with Gasteiger partial charge in [0.2, 0.25) is 0 Å². The molecule has 0 aliphatic carbocycles. The minimum atomic E-state index is -0.165. The minimum absolute atomic E-state index is 0.165. The summed E-state index contributed by atoms with van der Waals surface area (Å²) >= 11 is 0. The van der Waals surface area contributed by atoms with Crippen LogP contribution >= 0.6 is 0 Å². The molecule has 2 rings (SSSR count). The highest BCUT2D eigenvalue weighted by atomic mass is 16.3. The Kier molecular flexibility index (Phi) is 5.39. The van der Waals surface area contributed by atoms with E-state index < -0.39 is 0 Å². The summed E-state index contributed by atoms with van der Waals surface area (Å²) in [6, 6.07) is 0. The zero-order valence-electron chi connectivity index (χ0n) is 13.7. The van der Waals surface area contributed by atoms with E-state index in [2.05, 4.69) is 28.7 Å². The Morgan fingerprint density at radius 1 is 1.24 bits per heavy atom. The number of nitrogens with zero attached hydrogens (tertiary/aromatic N) is 4. The van der Waals surface area contributed by atoms with E-state index in [9.17, 15) is 5.11 Å². The molecular weight excluding hydrogens is 264 g/mol. The van der Waals surface area contributed by atoms with Crippen LogP contribution in [0.4, 0.5) is 11.6 Å². The fraction of sp³-hybridized carbons (Fsp3) is 0.750. The molecule has 0 spiro atoms. The Balaban J connectivity index is 1.98. The van der Waals surface area contributed by atoms with Gasteiger partial charge in [-0.1, -0.05) is 13.8 Å². The second kappa shape index (κ2) is 7.07. The number of hydrogen-bond acceptors (Lipinski definition) is 5. The summed E-state index contributed by atoms with van der Waals surface area (Å²) in [6.45, 7) is 6.22. The van der Waals surface area contributed by atoms with E-state index in [-0.39, 0.29) is 6.10 Å². The lowest BCUT2D eigenvalue weighted by Crippen LogP contribution is -2.39. The van der Waals surface area contributed by atoms with Gasteiger partial charge >= 0.3 is 0 Å². The van der Waals surface area contributed by atoms with Gasteiger partial charge in [-0.15, -0.1) is 0 Å². The lowest BCUT2D eigenvalue weighted by molar-refractivity contribution is 0.0734. The molecule has 2 heterocycles. The van der Waals surface area contributed by atoms with E-state index in [0.717, 1.165) is 44.0 Å². The van der Waals surface area contributed by atoms with Crippen LogP contribution in [0.5, 0.6) is 0 Å². The van der Waals surface area contributed by atoms with Crippen molar-refractivity contribution in [2.24, 2.45) is 11.8 Å². The minimum Gasteiger partial charge on any atom is -0.393 e. The van der Waals surface area contributed by atoms with Gasteiger partial charge in [0.25, 0.3) is 0 Å². The summed E-state index contributed by atoms with van der Waals surface area (Å²) in [5.41, 5.74) is 0. The summed E-state index contributed by atoms with van der Waals surface area (Å²) in [6.07, 6.45) is 6.27. The summed E-state index contributed by atoms with van der Waals surface area (Å²) < 4.78 is 0. The summed E-state index contributed by atoms with van der Waals surface area (Å²) in [7, 11) is 3.99. The highest BCUT2D eigenvalue weighted by Gasteiger charge is 2.27. The van der Waals surface area contributed by atoms with Crippen molar-refractivity contribution in [1.82, 2.24) is 9.97 Å². The molecule has 1 aromatic heterocycles. The molecule has 1 saturated heterocycles. The van der Waals surface area contributed by atoms with E-state index in [1.165, 1.54) is 0 Å². The average Bonchev–Trinajstić information content (AvgIpc) is 2.46. The van der Waals surface area contributed by atoms with Crippen LogP contribution in [0.1, 0.15) is 33.1 Å². The topological polar surface area (TPSA) is 52.5 Å². The van der Waals surface area contributed by atoms with E-state index in [0.29, 0.717) is 11.8 Å². The number of anilines is 2. The first-order valence-corrected chi connectivity index (χ1v) is 7.90. The molecular formula is C16H28N4O. The Morgan fingerprint density at radius 2 is 1.86 bits per heavy atom. The predicted octanol–water partition coefficient (Wildman–Crippen LogP) is 2.17. The highest BCUT2D eigenvalue weighted by molar-refractivity contribution is 5.61. The van der Waals surface area contributed by atoms with Gasteiger partial charge in [0.1, 0.15) is 0 Å². The molecule has 5 heteroatoms. The van der Waals surface area contributed by atoms with Crippen LogP contribution in [-0.2, 0) is 0 Å². The van der Waals surface area contributed by atoms with Crippen LogP contribution in [0, 0.1) is 11.8 Å². The molecule has 0 unspecified atom stereocenters. The lowest BCUT2D eigenvalue weighted by Gasteiger charge is -2.36. The van der Waals surface area contributed by atoms with Crippen LogP contribution in [0.15, 0.2) is 12.4 Å². The molecule has 1 aromatic rings. The van der Waals surface area contributed by atoms with Crippen LogP contribution in [0.25, 0.3) is 0 Å². The number of aliphatic hydroxyl groups is 1. The van der Waals surface area contributed by atoms with Crippen molar-refractivity contribution in [3.05, 3.63) is 12.4 Å². The van der Waals surface area contributed by atoms with E-state index in [1.807, 2.05) is 19.0 Å². The molecule has 118 valence electrons. The van der Waals surface area contributed by atoms with Gasteiger partial charge in [-0.25, -0.2) is 9.97 Å². The van der Waals surface area contributed by atoms with Crippen molar-refractivity contribution in [3.63, 3.8) is 0 Å². The fourth-order valence-electron chi connectivity index (χ4n) is 3.03. The van der Waals surface area contributed by atoms with Crippen LogP contribution in [0.3, 0.4) is 0 Å². The molecule has 0 radical (unpaired) electrons. The van der Waals surface area contributed by atoms with Gasteiger partial charge < -0.3 is 14.9 Å². The summed E-state index contributed by atoms with van der Waals surface area (Å²) in [5.74, 6) is 2.85. The van der Waals surface area contributed by atoms with E-state index >= 15 is 0 Å². The van der Waals surface area contributed by atoms with Gasteiger partial charge in [-0.2, -0.15) is 0 Å². The molecule has 0 aromatic carbocycles. The lowest BCUT2D eigenvalue weighted by atomic mass is 9.87. The molecule has 0 bridgehead atoms. The second-order valence-corrected chi connectivity index (χ2v) is 6.62. The summed E-state index contributed by atoms with van der Waals surface area (Å²) in [4.78, 5) is 13.2. The number of piperidine rings is 1. The second-order valence-electron chi connectivity index (χ2n) is 6.62. The molecule has 5 nitrogen and oxygen atoms in total. The van der Waals surface area contributed by atoms with Crippen molar-refractivity contribution in [3.8, 4) is 0 Å². The normalized spacial score (nSPS) is 18.1. The van der Waals surface area contributed by atoms with Crippen LogP contribution in [-0.4, -0.2) is 48.4 Å². The maximum Gasteiger partial charge on any atom is 0.171 e. The zero-order chi connectivity index (χ0) is 15.4. The fourth-order valence-corrected chi connectivity index (χ4v) is 3.03. The zero-order valence-corrected chi connectivity index (χ0v) is 13.7. The maximum atomic E-state index is 10.3. The average molecular weight is 292 g/mol. The Labute approximate surface area is 128 Å². The maximum absolute atomic E-state index is 10.3. The molecule has 1 aliphatic heterocycles. The first-order chi connectivity index (χ1) is 9.99. The molecule has 1 N–H and O–H groups in total. The quantitative estimate of drug-likeness (QED) is 0.901. The Morgan fingerprint density at radius 3 is 2.43 bits per heavy atom. The third-order valence-corrected chi connectivity index (χ3v) is 4.18. The monoisotopic (exact) mass is 292 g/mol. The van der Waals surface area contributed by atoms with Crippen molar-refractivity contribution < 1.29 is 5.11 Å². The molecule has 21 heavy (non-hydrogen) atoms. The first kappa shape index (κ1) is 16.0. The Bertz CT molecular complexity index is 442. The number of aromatic nitrogens is 2. The first-order valence-electron chi connectivity index (χ1n) is 7.90.